The van der Waals surface area contributed by atoms with E-state index in [1.165, 1.54) is 12.8 Å². The van der Waals surface area contributed by atoms with Crippen molar-refractivity contribution in [2.24, 2.45) is 0 Å². The SMILES string of the molecule is CCCCCCOc1ccc(C(=O)NNC(=O)CCc2cccc(OC)c2OC)cc1. The number of carbonyl (C=O) groups is 2. The van der Waals surface area contributed by atoms with E-state index in [4.69, 9.17) is 14.2 Å². The molecule has 31 heavy (non-hydrogen) atoms. The van der Waals surface area contributed by atoms with Crippen molar-refractivity contribution >= 4 is 11.8 Å². The quantitative estimate of drug-likeness (QED) is 0.393. The number of methoxy groups -OCH3 is 2. The zero-order valence-corrected chi connectivity index (χ0v) is 18.5. The Morgan fingerprint density at radius 3 is 2.35 bits per heavy atom. The highest BCUT2D eigenvalue weighted by Crippen LogP contribution is 2.31. The molecular formula is C24H32N2O5. The Hall–Kier alpha value is -3.22. The fourth-order valence-electron chi connectivity index (χ4n) is 3.08. The van der Waals surface area contributed by atoms with E-state index in [9.17, 15) is 9.59 Å². The molecule has 0 saturated carbocycles. The number of hydrogen-bond acceptors (Lipinski definition) is 5. The Kier molecular flexibility index (Phi) is 10.2. The molecule has 0 unspecified atom stereocenters. The van der Waals surface area contributed by atoms with Crippen LogP contribution >= 0.6 is 0 Å². The number of hydrogen-bond donors (Lipinski definition) is 2. The fraction of sp³-hybridized carbons (Fsp3) is 0.417. The third-order valence-corrected chi connectivity index (χ3v) is 4.80. The molecule has 0 bridgehead atoms. The molecule has 0 heterocycles. The van der Waals surface area contributed by atoms with Gasteiger partial charge in [0.25, 0.3) is 5.91 Å². The lowest BCUT2D eigenvalue weighted by atomic mass is 10.1. The van der Waals surface area contributed by atoms with Crippen LogP contribution in [0.25, 0.3) is 0 Å². The van der Waals surface area contributed by atoms with E-state index in [-0.39, 0.29) is 18.2 Å². The Labute approximate surface area is 184 Å². The molecule has 2 aromatic carbocycles. The lowest BCUT2D eigenvalue weighted by molar-refractivity contribution is -0.121. The van der Waals surface area contributed by atoms with Gasteiger partial charge in [0, 0.05) is 12.0 Å². The first kappa shape index (κ1) is 24.1. The number of unbranched alkanes of at least 4 members (excludes halogenated alkanes) is 3. The number of nitrogens with one attached hydrogen (secondary N) is 2. The minimum absolute atomic E-state index is 0.189. The molecule has 2 N–H and O–H groups in total. The summed E-state index contributed by atoms with van der Waals surface area (Å²) < 4.78 is 16.3. The van der Waals surface area contributed by atoms with Crippen LogP contribution in [0, 0.1) is 0 Å². The monoisotopic (exact) mass is 428 g/mol. The number of aryl methyl sites for hydroxylation is 1. The van der Waals surface area contributed by atoms with Crippen molar-refractivity contribution in [1.82, 2.24) is 10.9 Å². The first-order chi connectivity index (χ1) is 15.1. The second-order valence-electron chi connectivity index (χ2n) is 7.09. The Bertz CT molecular complexity index is 836. The Morgan fingerprint density at radius 1 is 0.903 bits per heavy atom. The van der Waals surface area contributed by atoms with Crippen molar-refractivity contribution in [1.29, 1.82) is 0 Å². The Morgan fingerprint density at radius 2 is 1.68 bits per heavy atom. The number of hydrazine groups is 1. The van der Waals surface area contributed by atoms with E-state index in [1.807, 2.05) is 12.1 Å². The van der Waals surface area contributed by atoms with Gasteiger partial charge < -0.3 is 14.2 Å². The van der Waals surface area contributed by atoms with Crippen molar-refractivity contribution in [3.8, 4) is 17.2 Å². The summed E-state index contributed by atoms with van der Waals surface area (Å²) in [7, 11) is 3.13. The molecule has 0 fully saturated rings. The van der Waals surface area contributed by atoms with Gasteiger partial charge in [-0.3, -0.25) is 20.4 Å². The Balaban J connectivity index is 1.76. The predicted molar refractivity (Wildman–Crippen MR) is 120 cm³/mol. The van der Waals surface area contributed by atoms with Gasteiger partial charge >= 0.3 is 0 Å². The first-order valence-corrected chi connectivity index (χ1v) is 10.6. The maximum Gasteiger partial charge on any atom is 0.269 e. The maximum absolute atomic E-state index is 12.2. The lowest BCUT2D eigenvalue weighted by Crippen LogP contribution is -2.41. The van der Waals surface area contributed by atoms with E-state index in [2.05, 4.69) is 17.8 Å². The van der Waals surface area contributed by atoms with Crippen LogP contribution in [0.2, 0.25) is 0 Å². The van der Waals surface area contributed by atoms with Crippen LogP contribution in [0.4, 0.5) is 0 Å². The number of benzene rings is 2. The van der Waals surface area contributed by atoms with E-state index < -0.39 is 0 Å². The summed E-state index contributed by atoms with van der Waals surface area (Å²) in [6.45, 7) is 2.84. The largest absolute Gasteiger partial charge is 0.494 e. The van der Waals surface area contributed by atoms with E-state index in [0.717, 1.165) is 24.2 Å². The molecule has 0 aliphatic heterocycles. The van der Waals surface area contributed by atoms with Crippen molar-refractivity contribution in [3.63, 3.8) is 0 Å². The molecule has 2 amide bonds. The number of amides is 2. The highest BCUT2D eigenvalue weighted by molar-refractivity contribution is 5.95. The highest BCUT2D eigenvalue weighted by atomic mass is 16.5. The van der Waals surface area contributed by atoms with Gasteiger partial charge in [-0.25, -0.2) is 0 Å². The van der Waals surface area contributed by atoms with Gasteiger partial charge in [0.05, 0.1) is 20.8 Å². The second kappa shape index (κ2) is 13.2. The van der Waals surface area contributed by atoms with Gasteiger partial charge in [0.1, 0.15) is 5.75 Å². The predicted octanol–water partition coefficient (Wildman–Crippen LogP) is 4.06. The van der Waals surface area contributed by atoms with Crippen LogP contribution in [-0.4, -0.2) is 32.6 Å². The molecular weight excluding hydrogens is 396 g/mol. The normalized spacial score (nSPS) is 10.3. The van der Waals surface area contributed by atoms with Gasteiger partial charge in [0.2, 0.25) is 5.91 Å². The van der Waals surface area contributed by atoms with Crippen molar-refractivity contribution in [2.75, 3.05) is 20.8 Å². The average Bonchev–Trinajstić information content (AvgIpc) is 2.81. The van der Waals surface area contributed by atoms with Crippen LogP contribution in [-0.2, 0) is 11.2 Å². The third kappa shape index (κ3) is 7.85. The van der Waals surface area contributed by atoms with Gasteiger partial charge in [0.15, 0.2) is 11.5 Å². The summed E-state index contributed by atoms with van der Waals surface area (Å²) in [6.07, 6.45) is 5.21. The van der Waals surface area contributed by atoms with Crippen LogP contribution in [0.5, 0.6) is 17.2 Å². The zero-order valence-electron chi connectivity index (χ0n) is 18.5. The molecule has 0 aromatic heterocycles. The molecule has 0 spiro atoms. The maximum atomic E-state index is 12.2. The smallest absolute Gasteiger partial charge is 0.269 e. The number of carbonyl (C=O) groups excluding carboxylic acids is 2. The van der Waals surface area contributed by atoms with E-state index >= 15 is 0 Å². The minimum atomic E-state index is -0.387. The van der Waals surface area contributed by atoms with Crippen LogP contribution in [0.3, 0.4) is 0 Å². The molecule has 0 saturated heterocycles. The second-order valence-corrected chi connectivity index (χ2v) is 7.09. The van der Waals surface area contributed by atoms with E-state index in [0.29, 0.717) is 30.1 Å². The molecule has 168 valence electrons. The molecule has 0 aliphatic carbocycles. The van der Waals surface area contributed by atoms with Crippen molar-refractivity contribution < 1.29 is 23.8 Å². The third-order valence-electron chi connectivity index (χ3n) is 4.80. The van der Waals surface area contributed by atoms with E-state index in [1.54, 1.807) is 44.6 Å². The summed E-state index contributed by atoms with van der Waals surface area (Å²) in [5, 5.41) is 0. The molecule has 0 atom stereocenters. The fourth-order valence-corrected chi connectivity index (χ4v) is 3.08. The summed E-state index contributed by atoms with van der Waals surface area (Å²) in [6, 6.07) is 12.4. The van der Waals surface area contributed by atoms with Crippen LogP contribution in [0.1, 0.15) is 54.9 Å². The molecule has 2 rings (SSSR count). The molecule has 7 nitrogen and oxygen atoms in total. The summed E-state index contributed by atoms with van der Waals surface area (Å²) >= 11 is 0. The van der Waals surface area contributed by atoms with Gasteiger partial charge in [-0.05, 0) is 48.7 Å². The minimum Gasteiger partial charge on any atom is -0.494 e. The lowest BCUT2D eigenvalue weighted by Gasteiger charge is -2.12. The zero-order chi connectivity index (χ0) is 22.5. The molecule has 7 heteroatoms. The topological polar surface area (TPSA) is 85.9 Å². The number of rotatable bonds is 12. The van der Waals surface area contributed by atoms with Crippen molar-refractivity contribution in [3.05, 3.63) is 53.6 Å². The highest BCUT2D eigenvalue weighted by Gasteiger charge is 2.12. The average molecular weight is 429 g/mol. The van der Waals surface area contributed by atoms with Crippen LogP contribution in [0.15, 0.2) is 42.5 Å². The first-order valence-electron chi connectivity index (χ1n) is 10.6. The van der Waals surface area contributed by atoms with Gasteiger partial charge in [-0.15, -0.1) is 0 Å². The standard InChI is InChI=1S/C24H32N2O5/c1-4-5-6-7-17-31-20-14-11-19(12-15-20)24(28)26-25-22(27)16-13-18-9-8-10-21(29-2)23(18)30-3/h8-12,14-15H,4-7,13,16-17H2,1-3H3,(H,25,27)(H,26,28). The molecule has 0 aliphatic rings. The number of para-hydroxylation sites is 1. The number of ether oxygens (including phenoxy) is 3. The summed E-state index contributed by atoms with van der Waals surface area (Å²) in [4.78, 5) is 24.4. The van der Waals surface area contributed by atoms with Gasteiger partial charge in [-0.2, -0.15) is 0 Å². The summed E-state index contributed by atoms with van der Waals surface area (Å²) in [5.74, 6) is 1.26. The molecule has 0 radical (unpaired) electrons. The van der Waals surface area contributed by atoms with Crippen LogP contribution < -0.4 is 25.1 Å². The summed E-state index contributed by atoms with van der Waals surface area (Å²) in [5.41, 5.74) is 6.17. The van der Waals surface area contributed by atoms with Gasteiger partial charge in [-0.1, -0.05) is 38.3 Å². The molecule has 2 aromatic rings. The van der Waals surface area contributed by atoms with Crippen molar-refractivity contribution in [2.45, 2.75) is 45.4 Å².